The number of halogens is 1. The minimum atomic E-state index is -0.287. The number of hydrogen-bond acceptors (Lipinski definition) is 5. The number of carbonyl (C=O) groups is 1. The number of rotatable bonds is 3. The maximum absolute atomic E-state index is 13.2. The molecule has 1 aromatic carbocycles. The fraction of sp³-hybridized carbons (Fsp3) is 0.526. The van der Waals surface area contributed by atoms with Crippen molar-refractivity contribution >= 4 is 5.91 Å². The lowest BCUT2D eigenvalue weighted by molar-refractivity contribution is -0.0693. The SMILES string of the molecule is CC1CN(C(=O)c2cn(C3CCNCC3)nn2)CC(c2ccc(F)cc2)O1. The summed E-state index contributed by atoms with van der Waals surface area (Å²) in [5.74, 6) is -0.428. The number of morpholine rings is 1. The summed E-state index contributed by atoms with van der Waals surface area (Å²) in [5, 5.41) is 11.6. The van der Waals surface area contributed by atoms with Gasteiger partial charge in [-0.1, -0.05) is 17.3 Å². The Labute approximate surface area is 157 Å². The molecule has 1 N–H and O–H groups in total. The topological polar surface area (TPSA) is 72.3 Å². The quantitative estimate of drug-likeness (QED) is 0.890. The molecule has 7 nitrogen and oxygen atoms in total. The van der Waals surface area contributed by atoms with Crippen LogP contribution in [0, 0.1) is 5.82 Å². The number of amides is 1. The molecule has 2 unspecified atom stereocenters. The third-order valence-electron chi connectivity index (χ3n) is 5.20. The lowest BCUT2D eigenvalue weighted by atomic mass is 10.1. The minimum Gasteiger partial charge on any atom is -0.367 e. The van der Waals surface area contributed by atoms with Crippen molar-refractivity contribution in [3.8, 4) is 0 Å². The van der Waals surface area contributed by atoms with E-state index in [0.717, 1.165) is 31.5 Å². The molecular formula is C19H24FN5O2. The molecule has 0 saturated carbocycles. The minimum absolute atomic E-state index is 0.114. The lowest BCUT2D eigenvalue weighted by Gasteiger charge is -2.36. The number of benzene rings is 1. The van der Waals surface area contributed by atoms with Crippen LogP contribution >= 0.6 is 0 Å². The van der Waals surface area contributed by atoms with Crippen molar-refractivity contribution < 1.29 is 13.9 Å². The van der Waals surface area contributed by atoms with Crippen LogP contribution in [0.2, 0.25) is 0 Å². The van der Waals surface area contributed by atoms with E-state index in [-0.39, 0.29) is 30.0 Å². The molecule has 27 heavy (non-hydrogen) atoms. The van der Waals surface area contributed by atoms with Gasteiger partial charge in [-0.15, -0.1) is 5.10 Å². The molecule has 0 spiro atoms. The van der Waals surface area contributed by atoms with Gasteiger partial charge in [-0.25, -0.2) is 9.07 Å². The van der Waals surface area contributed by atoms with E-state index in [1.807, 2.05) is 11.6 Å². The van der Waals surface area contributed by atoms with Gasteiger partial charge in [-0.2, -0.15) is 0 Å². The van der Waals surface area contributed by atoms with Crippen LogP contribution in [0.3, 0.4) is 0 Å². The first kappa shape index (κ1) is 18.1. The molecule has 0 aliphatic carbocycles. The summed E-state index contributed by atoms with van der Waals surface area (Å²) in [5.41, 5.74) is 1.22. The number of nitrogens with zero attached hydrogens (tertiary/aromatic N) is 4. The first-order chi connectivity index (χ1) is 13.1. The van der Waals surface area contributed by atoms with Crippen molar-refractivity contribution in [1.82, 2.24) is 25.2 Å². The highest BCUT2D eigenvalue weighted by atomic mass is 19.1. The van der Waals surface area contributed by atoms with Crippen LogP contribution in [0.4, 0.5) is 4.39 Å². The molecule has 2 fully saturated rings. The second-order valence-electron chi connectivity index (χ2n) is 7.26. The zero-order valence-corrected chi connectivity index (χ0v) is 15.3. The first-order valence-corrected chi connectivity index (χ1v) is 9.43. The molecule has 2 saturated heterocycles. The van der Waals surface area contributed by atoms with Crippen LogP contribution in [0.25, 0.3) is 0 Å². The molecule has 2 aromatic rings. The summed E-state index contributed by atoms with van der Waals surface area (Å²) in [6.45, 7) is 4.75. The van der Waals surface area contributed by atoms with Crippen molar-refractivity contribution in [2.75, 3.05) is 26.2 Å². The Morgan fingerprint density at radius 1 is 1.22 bits per heavy atom. The number of ether oxygens (including phenoxy) is 1. The van der Waals surface area contributed by atoms with Gasteiger partial charge in [-0.3, -0.25) is 4.79 Å². The van der Waals surface area contributed by atoms with Crippen LogP contribution in [-0.4, -0.2) is 58.1 Å². The van der Waals surface area contributed by atoms with Crippen LogP contribution in [-0.2, 0) is 4.74 Å². The van der Waals surface area contributed by atoms with Crippen molar-refractivity contribution in [2.45, 2.75) is 38.0 Å². The van der Waals surface area contributed by atoms with Gasteiger partial charge in [0, 0.05) is 6.54 Å². The lowest BCUT2D eigenvalue weighted by Crippen LogP contribution is -2.46. The molecule has 2 atom stereocenters. The number of hydrogen-bond donors (Lipinski definition) is 1. The Morgan fingerprint density at radius 2 is 1.96 bits per heavy atom. The van der Waals surface area contributed by atoms with E-state index < -0.39 is 0 Å². The molecule has 144 valence electrons. The van der Waals surface area contributed by atoms with Crippen molar-refractivity contribution in [3.63, 3.8) is 0 Å². The molecule has 3 heterocycles. The summed E-state index contributed by atoms with van der Waals surface area (Å²) < 4.78 is 21.0. The van der Waals surface area contributed by atoms with Gasteiger partial charge in [0.05, 0.1) is 24.9 Å². The Hall–Kier alpha value is -2.32. The van der Waals surface area contributed by atoms with Crippen LogP contribution < -0.4 is 5.32 Å². The number of piperidine rings is 1. The second kappa shape index (κ2) is 7.74. The summed E-state index contributed by atoms with van der Waals surface area (Å²) in [4.78, 5) is 14.7. The molecule has 0 radical (unpaired) electrons. The van der Waals surface area contributed by atoms with Crippen LogP contribution in [0.5, 0.6) is 0 Å². The Morgan fingerprint density at radius 3 is 2.70 bits per heavy atom. The van der Waals surface area contributed by atoms with E-state index >= 15 is 0 Å². The van der Waals surface area contributed by atoms with Crippen molar-refractivity contribution in [3.05, 3.63) is 47.5 Å². The molecule has 2 aliphatic rings. The monoisotopic (exact) mass is 373 g/mol. The molecule has 8 heteroatoms. The Kier molecular flexibility index (Phi) is 5.18. The van der Waals surface area contributed by atoms with Gasteiger partial charge in [0.2, 0.25) is 0 Å². The van der Waals surface area contributed by atoms with E-state index in [0.29, 0.717) is 18.8 Å². The average molecular weight is 373 g/mol. The van der Waals surface area contributed by atoms with E-state index in [2.05, 4.69) is 15.6 Å². The fourth-order valence-corrected chi connectivity index (χ4v) is 3.77. The average Bonchev–Trinajstić information content (AvgIpc) is 3.18. The molecule has 1 amide bonds. The highest BCUT2D eigenvalue weighted by Gasteiger charge is 2.31. The zero-order valence-electron chi connectivity index (χ0n) is 15.3. The van der Waals surface area contributed by atoms with Crippen LogP contribution in [0.15, 0.2) is 30.5 Å². The van der Waals surface area contributed by atoms with Crippen molar-refractivity contribution in [2.24, 2.45) is 0 Å². The van der Waals surface area contributed by atoms with Gasteiger partial charge in [0.1, 0.15) is 11.9 Å². The third-order valence-corrected chi connectivity index (χ3v) is 5.20. The first-order valence-electron chi connectivity index (χ1n) is 9.43. The number of nitrogens with one attached hydrogen (secondary N) is 1. The van der Waals surface area contributed by atoms with Gasteiger partial charge in [-0.05, 0) is 50.6 Å². The summed E-state index contributed by atoms with van der Waals surface area (Å²) in [6, 6.07) is 6.52. The smallest absolute Gasteiger partial charge is 0.276 e. The predicted octanol–water partition coefficient (Wildman–Crippen LogP) is 1.94. The van der Waals surface area contributed by atoms with Gasteiger partial charge in [0.15, 0.2) is 5.69 Å². The standard InChI is InChI=1S/C19H24FN5O2/c1-13-10-24(12-18(27-13)14-2-4-15(20)5-3-14)19(26)17-11-25(23-22-17)16-6-8-21-9-7-16/h2-5,11,13,16,18,21H,6-10,12H2,1H3. The highest BCUT2D eigenvalue weighted by molar-refractivity contribution is 5.92. The van der Waals surface area contributed by atoms with Gasteiger partial charge in [0.25, 0.3) is 5.91 Å². The molecule has 0 bridgehead atoms. The van der Waals surface area contributed by atoms with Crippen molar-refractivity contribution in [1.29, 1.82) is 0 Å². The number of aromatic nitrogens is 3. The second-order valence-corrected chi connectivity index (χ2v) is 7.26. The highest BCUT2D eigenvalue weighted by Crippen LogP contribution is 2.26. The largest absolute Gasteiger partial charge is 0.367 e. The van der Waals surface area contributed by atoms with E-state index in [1.165, 1.54) is 12.1 Å². The fourth-order valence-electron chi connectivity index (χ4n) is 3.77. The Bertz CT molecular complexity index is 788. The van der Waals surface area contributed by atoms with Crippen LogP contribution in [0.1, 0.15) is 48.0 Å². The van der Waals surface area contributed by atoms with E-state index in [1.54, 1.807) is 23.2 Å². The van der Waals surface area contributed by atoms with E-state index in [9.17, 15) is 9.18 Å². The normalized spacial score (nSPS) is 24.1. The maximum Gasteiger partial charge on any atom is 0.276 e. The zero-order chi connectivity index (χ0) is 18.8. The van der Waals surface area contributed by atoms with E-state index in [4.69, 9.17) is 4.74 Å². The molecule has 1 aromatic heterocycles. The summed E-state index contributed by atoms with van der Waals surface area (Å²) in [7, 11) is 0. The Balaban J connectivity index is 1.47. The molecule has 4 rings (SSSR count). The number of carbonyl (C=O) groups excluding carboxylic acids is 1. The predicted molar refractivity (Wildman–Crippen MR) is 96.8 cm³/mol. The molecular weight excluding hydrogens is 349 g/mol. The van der Waals surface area contributed by atoms with Gasteiger partial charge < -0.3 is 15.0 Å². The third kappa shape index (κ3) is 4.01. The maximum atomic E-state index is 13.2. The summed E-state index contributed by atoms with van der Waals surface area (Å²) >= 11 is 0. The molecule has 2 aliphatic heterocycles. The van der Waals surface area contributed by atoms with Gasteiger partial charge >= 0.3 is 0 Å². The summed E-state index contributed by atoms with van der Waals surface area (Å²) in [6.07, 6.45) is 3.33.